The molecule has 0 saturated carbocycles. The van der Waals surface area contributed by atoms with Gasteiger partial charge in [-0.2, -0.15) is 0 Å². The molecule has 2 aliphatic rings. The highest BCUT2D eigenvalue weighted by atomic mass is 32.2. The van der Waals surface area contributed by atoms with Gasteiger partial charge in [0, 0.05) is 25.2 Å². The number of hydrogen-bond acceptors (Lipinski definition) is 8. The number of rotatable bonds is 6. The van der Waals surface area contributed by atoms with E-state index in [1.54, 1.807) is 17.0 Å². The summed E-state index contributed by atoms with van der Waals surface area (Å²) in [4.78, 5) is 63.2. The molecular weight excluding hydrogens is 474 g/mol. The molecular formula is C24H21N3O7S. The number of likely N-dealkylation sites (tertiary alicyclic amines) is 1. The van der Waals surface area contributed by atoms with Gasteiger partial charge >= 0.3 is 5.97 Å². The number of carbonyl (C=O) groups is 4. The van der Waals surface area contributed by atoms with Crippen molar-refractivity contribution in [2.24, 2.45) is 0 Å². The average Bonchev–Trinajstić information content (AvgIpc) is 3.12. The van der Waals surface area contributed by atoms with Crippen LogP contribution in [0.25, 0.3) is 6.08 Å². The first-order chi connectivity index (χ1) is 16.8. The van der Waals surface area contributed by atoms with Crippen molar-refractivity contribution in [2.75, 3.05) is 19.6 Å². The van der Waals surface area contributed by atoms with Crippen LogP contribution in [0, 0.1) is 10.1 Å². The molecule has 2 saturated heterocycles. The lowest BCUT2D eigenvalue weighted by Gasteiger charge is -2.27. The van der Waals surface area contributed by atoms with Gasteiger partial charge in [0.05, 0.1) is 15.4 Å². The van der Waals surface area contributed by atoms with Crippen LogP contribution in [0.5, 0.6) is 5.75 Å². The van der Waals surface area contributed by atoms with E-state index in [9.17, 15) is 29.3 Å². The molecule has 2 aromatic rings. The Morgan fingerprint density at radius 2 is 1.80 bits per heavy atom. The Labute approximate surface area is 204 Å². The maximum atomic E-state index is 12.8. The number of esters is 1. The standard InChI is InChI=1S/C24H21N3O7S/c28-21(25-10-2-1-3-11-25)15-26-22(29)20(35-24(26)31)13-16-6-4-9-19(12-16)34-23(30)17-7-5-8-18(14-17)27(32)33/h4-9,12-14H,1-3,10-11,15H2/b20-13-. The Morgan fingerprint density at radius 3 is 2.54 bits per heavy atom. The van der Waals surface area contributed by atoms with E-state index in [1.807, 2.05) is 0 Å². The summed E-state index contributed by atoms with van der Waals surface area (Å²) in [6.07, 6.45) is 4.37. The highest BCUT2D eigenvalue weighted by Crippen LogP contribution is 2.33. The predicted octanol–water partition coefficient (Wildman–Crippen LogP) is 3.86. The summed E-state index contributed by atoms with van der Waals surface area (Å²) in [5, 5.41) is 10.4. The van der Waals surface area contributed by atoms with E-state index >= 15 is 0 Å². The maximum absolute atomic E-state index is 12.8. The van der Waals surface area contributed by atoms with Crippen LogP contribution in [0.4, 0.5) is 10.5 Å². The molecule has 0 spiro atoms. The van der Waals surface area contributed by atoms with Crippen molar-refractivity contribution in [2.45, 2.75) is 19.3 Å². The summed E-state index contributed by atoms with van der Waals surface area (Å²) in [7, 11) is 0. The average molecular weight is 496 g/mol. The fourth-order valence-corrected chi connectivity index (χ4v) is 4.58. The van der Waals surface area contributed by atoms with Crippen LogP contribution in [0.3, 0.4) is 0 Å². The first-order valence-electron chi connectivity index (χ1n) is 10.9. The maximum Gasteiger partial charge on any atom is 0.343 e. The fraction of sp³-hybridized carbons (Fsp3) is 0.250. The Morgan fingerprint density at radius 1 is 1.06 bits per heavy atom. The zero-order valence-corrected chi connectivity index (χ0v) is 19.4. The first kappa shape index (κ1) is 24.1. The highest BCUT2D eigenvalue weighted by molar-refractivity contribution is 8.18. The summed E-state index contributed by atoms with van der Waals surface area (Å²) in [5.74, 6) is -1.41. The number of thioether (sulfide) groups is 1. The summed E-state index contributed by atoms with van der Waals surface area (Å²) >= 11 is 0.742. The van der Waals surface area contributed by atoms with Gasteiger partial charge in [-0.3, -0.25) is 29.4 Å². The SMILES string of the molecule is O=C(Oc1cccc(/C=C2\SC(=O)N(CC(=O)N3CCCCC3)C2=O)c1)c1cccc([N+](=O)[O-])c1. The molecule has 3 amide bonds. The van der Waals surface area contributed by atoms with Crippen LogP contribution in [0.15, 0.2) is 53.4 Å². The minimum absolute atomic E-state index is 0.0177. The van der Waals surface area contributed by atoms with Gasteiger partial charge in [0.15, 0.2) is 0 Å². The van der Waals surface area contributed by atoms with Crippen molar-refractivity contribution in [1.82, 2.24) is 9.80 Å². The molecule has 35 heavy (non-hydrogen) atoms. The molecule has 0 bridgehead atoms. The molecule has 2 aromatic carbocycles. The van der Waals surface area contributed by atoms with E-state index in [4.69, 9.17) is 4.74 Å². The van der Waals surface area contributed by atoms with Gasteiger partial charge in [-0.15, -0.1) is 0 Å². The number of non-ortho nitro benzene ring substituents is 1. The number of nitrogens with zero attached hydrogens (tertiary/aromatic N) is 3. The van der Waals surface area contributed by atoms with Gasteiger partial charge in [-0.25, -0.2) is 4.79 Å². The zero-order chi connectivity index (χ0) is 24.9. The van der Waals surface area contributed by atoms with Crippen molar-refractivity contribution in [3.63, 3.8) is 0 Å². The van der Waals surface area contributed by atoms with Gasteiger partial charge in [0.1, 0.15) is 12.3 Å². The molecule has 2 heterocycles. The van der Waals surface area contributed by atoms with E-state index in [1.165, 1.54) is 36.4 Å². The molecule has 10 nitrogen and oxygen atoms in total. The summed E-state index contributed by atoms with van der Waals surface area (Å²) in [6, 6.07) is 11.5. The van der Waals surface area contributed by atoms with Crippen LogP contribution in [-0.4, -0.2) is 57.4 Å². The quantitative estimate of drug-likeness (QED) is 0.194. The molecule has 0 aliphatic carbocycles. The van der Waals surface area contributed by atoms with Crippen LogP contribution in [-0.2, 0) is 9.59 Å². The number of carbonyl (C=O) groups excluding carboxylic acids is 4. The highest BCUT2D eigenvalue weighted by Gasteiger charge is 2.37. The number of ether oxygens (including phenoxy) is 1. The van der Waals surface area contributed by atoms with Crippen LogP contribution in [0.1, 0.15) is 35.2 Å². The Hall–Kier alpha value is -3.99. The Balaban J connectivity index is 1.44. The molecule has 4 rings (SSSR count). The number of benzene rings is 2. The Bertz CT molecular complexity index is 1240. The molecule has 180 valence electrons. The lowest BCUT2D eigenvalue weighted by Crippen LogP contribution is -2.44. The second-order valence-electron chi connectivity index (χ2n) is 7.98. The van der Waals surface area contributed by atoms with Gasteiger partial charge in [-0.05, 0) is 60.9 Å². The van der Waals surface area contributed by atoms with Gasteiger partial charge in [-0.1, -0.05) is 18.2 Å². The third kappa shape index (κ3) is 5.75. The van der Waals surface area contributed by atoms with Crippen LogP contribution >= 0.6 is 11.8 Å². The van der Waals surface area contributed by atoms with Gasteiger partial charge in [0.2, 0.25) is 5.91 Å². The topological polar surface area (TPSA) is 127 Å². The number of piperidine rings is 1. The Kier molecular flexibility index (Phi) is 7.25. The van der Waals surface area contributed by atoms with Crippen molar-refractivity contribution >= 4 is 46.5 Å². The third-order valence-electron chi connectivity index (χ3n) is 5.53. The smallest absolute Gasteiger partial charge is 0.343 e. The monoisotopic (exact) mass is 495 g/mol. The molecule has 2 fully saturated rings. The van der Waals surface area contributed by atoms with E-state index < -0.39 is 22.0 Å². The van der Waals surface area contributed by atoms with Crippen molar-refractivity contribution in [3.05, 3.63) is 74.7 Å². The second-order valence-corrected chi connectivity index (χ2v) is 8.97. The summed E-state index contributed by atoms with van der Waals surface area (Å²) in [6.45, 7) is 0.975. The van der Waals surface area contributed by atoms with Crippen LogP contribution in [0.2, 0.25) is 0 Å². The number of imide groups is 1. The van der Waals surface area contributed by atoms with E-state index in [0.29, 0.717) is 18.7 Å². The van der Waals surface area contributed by atoms with E-state index in [0.717, 1.165) is 42.0 Å². The number of nitro groups is 1. The molecule has 2 aliphatic heterocycles. The van der Waals surface area contributed by atoms with Gasteiger partial charge in [0.25, 0.3) is 16.8 Å². The molecule has 0 atom stereocenters. The molecule has 0 N–H and O–H groups in total. The first-order valence-corrected chi connectivity index (χ1v) is 11.7. The molecule has 0 radical (unpaired) electrons. The summed E-state index contributed by atoms with van der Waals surface area (Å²) in [5.41, 5.74) is 0.286. The van der Waals surface area contributed by atoms with Crippen LogP contribution < -0.4 is 4.74 Å². The van der Waals surface area contributed by atoms with Gasteiger partial charge < -0.3 is 9.64 Å². The lowest BCUT2D eigenvalue weighted by molar-refractivity contribution is -0.384. The second kappa shape index (κ2) is 10.5. The molecule has 11 heteroatoms. The van der Waals surface area contributed by atoms with Crippen molar-refractivity contribution in [3.8, 4) is 5.75 Å². The number of amides is 3. The number of hydrogen-bond donors (Lipinski definition) is 0. The van der Waals surface area contributed by atoms with E-state index in [2.05, 4.69) is 0 Å². The fourth-order valence-electron chi connectivity index (χ4n) is 3.75. The molecule has 0 unspecified atom stereocenters. The third-order valence-corrected chi connectivity index (χ3v) is 6.44. The molecule has 0 aromatic heterocycles. The van der Waals surface area contributed by atoms with Crippen molar-refractivity contribution in [1.29, 1.82) is 0 Å². The minimum atomic E-state index is -0.776. The number of nitro benzene ring substituents is 1. The minimum Gasteiger partial charge on any atom is -0.423 e. The zero-order valence-electron chi connectivity index (χ0n) is 18.5. The van der Waals surface area contributed by atoms with Crippen molar-refractivity contribution < 1.29 is 28.8 Å². The normalized spacial score (nSPS) is 17.1. The lowest BCUT2D eigenvalue weighted by atomic mass is 10.1. The summed E-state index contributed by atoms with van der Waals surface area (Å²) < 4.78 is 5.32. The largest absolute Gasteiger partial charge is 0.423 e. The van der Waals surface area contributed by atoms with E-state index in [-0.39, 0.29) is 34.4 Å². The predicted molar refractivity (Wildman–Crippen MR) is 128 cm³/mol.